The molecule has 1 aromatic carbocycles. The minimum absolute atomic E-state index is 0.171. The largest absolute Gasteiger partial charge is 0.480 e. The third-order valence-corrected chi connectivity index (χ3v) is 2.61. The second-order valence-corrected chi connectivity index (χ2v) is 4.32. The van der Waals surface area contributed by atoms with Crippen LogP contribution >= 0.6 is 22.6 Å². The highest BCUT2D eigenvalue weighted by molar-refractivity contribution is 14.1. The van der Waals surface area contributed by atoms with Gasteiger partial charge in [0.1, 0.15) is 6.04 Å². The molecule has 1 rings (SSSR count). The lowest BCUT2D eigenvalue weighted by atomic mass is 10.0. The van der Waals surface area contributed by atoms with Gasteiger partial charge >= 0.3 is 5.97 Å². The Bertz CT molecular complexity index is 375. The number of halogens is 1. The third kappa shape index (κ3) is 3.60. The van der Waals surface area contributed by atoms with E-state index in [1.165, 1.54) is 0 Å². The Balaban J connectivity index is 2.69. The fraction of sp³-hybridized carbons (Fsp3) is 0.200. The number of nitrogens with two attached hydrogens (primary N) is 1. The van der Waals surface area contributed by atoms with E-state index >= 15 is 0 Å². The Labute approximate surface area is 101 Å². The minimum Gasteiger partial charge on any atom is -0.480 e. The van der Waals surface area contributed by atoms with Crippen LogP contribution in [0, 0.1) is 3.57 Å². The van der Waals surface area contributed by atoms with Crippen LogP contribution < -0.4 is 5.73 Å². The van der Waals surface area contributed by atoms with Crippen LogP contribution in [0.3, 0.4) is 0 Å². The highest BCUT2D eigenvalue weighted by atomic mass is 127. The van der Waals surface area contributed by atoms with E-state index in [4.69, 9.17) is 10.8 Å². The van der Waals surface area contributed by atoms with Gasteiger partial charge in [-0.3, -0.25) is 9.59 Å². The molecule has 1 unspecified atom stereocenters. The number of rotatable bonds is 4. The molecule has 0 fully saturated rings. The van der Waals surface area contributed by atoms with Gasteiger partial charge in [-0.15, -0.1) is 0 Å². The first-order valence-corrected chi connectivity index (χ1v) is 5.35. The number of hydrogen-bond donors (Lipinski definition) is 2. The fourth-order valence-corrected chi connectivity index (χ4v) is 1.40. The molecular weight excluding hydrogens is 309 g/mol. The number of aliphatic carboxylic acids is 1. The standard InChI is InChI=1S/C10H10INO3/c11-7-3-1-6(2-4-7)9(13)5-8(12)10(14)15/h1-4,8H,5,12H2,(H,14,15). The monoisotopic (exact) mass is 319 g/mol. The van der Waals surface area contributed by atoms with Crippen molar-refractivity contribution in [1.82, 2.24) is 0 Å². The zero-order chi connectivity index (χ0) is 11.4. The Hall–Kier alpha value is -0.950. The molecule has 0 aliphatic heterocycles. The molecule has 4 nitrogen and oxygen atoms in total. The zero-order valence-corrected chi connectivity index (χ0v) is 9.97. The van der Waals surface area contributed by atoms with E-state index < -0.39 is 12.0 Å². The van der Waals surface area contributed by atoms with Crippen LogP contribution in [-0.4, -0.2) is 22.9 Å². The van der Waals surface area contributed by atoms with Crippen LogP contribution in [0.25, 0.3) is 0 Å². The molecule has 0 saturated carbocycles. The molecule has 0 bridgehead atoms. The maximum Gasteiger partial charge on any atom is 0.320 e. The molecule has 0 aliphatic carbocycles. The van der Waals surface area contributed by atoms with E-state index in [1.807, 2.05) is 0 Å². The number of ketones is 1. The van der Waals surface area contributed by atoms with E-state index in [0.29, 0.717) is 5.56 Å². The summed E-state index contributed by atoms with van der Waals surface area (Å²) in [6, 6.07) is 5.79. The molecule has 0 heterocycles. The molecular formula is C10H10INO3. The quantitative estimate of drug-likeness (QED) is 0.647. The summed E-state index contributed by atoms with van der Waals surface area (Å²) in [5.74, 6) is -1.41. The molecule has 1 aromatic rings. The van der Waals surface area contributed by atoms with Crippen molar-refractivity contribution in [2.24, 2.45) is 5.73 Å². The van der Waals surface area contributed by atoms with Crippen LogP contribution in [0.15, 0.2) is 24.3 Å². The summed E-state index contributed by atoms with van der Waals surface area (Å²) in [5, 5.41) is 8.54. The van der Waals surface area contributed by atoms with Crippen LogP contribution in [0.1, 0.15) is 16.8 Å². The van der Waals surface area contributed by atoms with Crippen molar-refractivity contribution in [3.05, 3.63) is 33.4 Å². The lowest BCUT2D eigenvalue weighted by Gasteiger charge is -2.05. The summed E-state index contributed by atoms with van der Waals surface area (Å²) in [5.41, 5.74) is 5.76. The molecule has 80 valence electrons. The smallest absolute Gasteiger partial charge is 0.320 e. The third-order valence-electron chi connectivity index (χ3n) is 1.89. The number of benzene rings is 1. The molecule has 0 aromatic heterocycles. The number of carbonyl (C=O) groups is 2. The normalized spacial score (nSPS) is 12.1. The first-order chi connectivity index (χ1) is 7.00. The summed E-state index contributed by atoms with van der Waals surface area (Å²) in [7, 11) is 0. The second kappa shape index (κ2) is 5.22. The maximum atomic E-state index is 11.5. The van der Waals surface area contributed by atoms with Gasteiger partial charge in [0.2, 0.25) is 0 Å². The molecule has 0 amide bonds. The molecule has 15 heavy (non-hydrogen) atoms. The van der Waals surface area contributed by atoms with Crippen LogP contribution in [-0.2, 0) is 4.79 Å². The predicted octanol–water partition coefficient (Wildman–Crippen LogP) is 1.28. The molecule has 1 atom stereocenters. The van der Waals surface area contributed by atoms with Crippen molar-refractivity contribution in [2.75, 3.05) is 0 Å². The summed E-state index contributed by atoms with van der Waals surface area (Å²) in [4.78, 5) is 22.0. The number of carbonyl (C=O) groups excluding carboxylic acids is 1. The maximum absolute atomic E-state index is 11.5. The average Bonchev–Trinajstić information content (AvgIpc) is 2.18. The first kappa shape index (κ1) is 12.1. The van der Waals surface area contributed by atoms with Gasteiger partial charge in [-0.05, 0) is 34.7 Å². The van der Waals surface area contributed by atoms with Gasteiger partial charge in [-0.25, -0.2) is 0 Å². The molecule has 3 N–H and O–H groups in total. The Kier molecular flexibility index (Phi) is 4.22. The van der Waals surface area contributed by atoms with Gasteiger partial charge in [0.15, 0.2) is 5.78 Å². The first-order valence-electron chi connectivity index (χ1n) is 4.28. The fourth-order valence-electron chi connectivity index (χ4n) is 1.04. The van der Waals surface area contributed by atoms with Crippen molar-refractivity contribution in [2.45, 2.75) is 12.5 Å². The molecule has 0 saturated heterocycles. The van der Waals surface area contributed by atoms with Gasteiger partial charge in [-0.2, -0.15) is 0 Å². The van der Waals surface area contributed by atoms with Crippen molar-refractivity contribution in [3.63, 3.8) is 0 Å². The molecule has 0 spiro atoms. The number of Topliss-reactive ketones (excluding diaryl/α,β-unsaturated/α-hetero) is 1. The van der Waals surface area contributed by atoms with E-state index in [1.54, 1.807) is 24.3 Å². The number of carboxylic acids is 1. The minimum atomic E-state index is -1.16. The topological polar surface area (TPSA) is 80.4 Å². The molecule has 5 heteroatoms. The van der Waals surface area contributed by atoms with Gasteiger partial charge in [0.25, 0.3) is 0 Å². The van der Waals surface area contributed by atoms with Gasteiger partial charge in [0, 0.05) is 15.6 Å². The van der Waals surface area contributed by atoms with E-state index in [0.717, 1.165) is 3.57 Å². The lowest BCUT2D eigenvalue weighted by molar-refractivity contribution is -0.138. The highest BCUT2D eigenvalue weighted by Crippen LogP contribution is 2.09. The van der Waals surface area contributed by atoms with E-state index in [-0.39, 0.29) is 12.2 Å². The zero-order valence-electron chi connectivity index (χ0n) is 7.81. The van der Waals surface area contributed by atoms with Crippen LogP contribution in [0.4, 0.5) is 0 Å². The van der Waals surface area contributed by atoms with Gasteiger partial charge in [0.05, 0.1) is 0 Å². The van der Waals surface area contributed by atoms with Gasteiger partial charge < -0.3 is 10.8 Å². The molecule has 0 aliphatic rings. The predicted molar refractivity (Wildman–Crippen MR) is 63.7 cm³/mol. The summed E-state index contributed by atoms with van der Waals surface area (Å²) < 4.78 is 1.02. The number of hydrogen-bond acceptors (Lipinski definition) is 3. The summed E-state index contributed by atoms with van der Waals surface area (Å²) in [6.45, 7) is 0. The SMILES string of the molecule is NC(CC(=O)c1ccc(I)cc1)C(=O)O. The van der Waals surface area contributed by atoms with Crippen LogP contribution in [0.5, 0.6) is 0 Å². The summed E-state index contributed by atoms with van der Waals surface area (Å²) in [6.07, 6.45) is -0.171. The second-order valence-electron chi connectivity index (χ2n) is 3.08. The Morgan fingerprint density at radius 2 is 1.87 bits per heavy atom. The number of carboxylic acid groups (broad SMARTS) is 1. The van der Waals surface area contributed by atoms with Crippen molar-refractivity contribution >= 4 is 34.3 Å². The summed E-state index contributed by atoms with van der Waals surface area (Å²) >= 11 is 2.13. The van der Waals surface area contributed by atoms with Gasteiger partial charge in [-0.1, -0.05) is 12.1 Å². The highest BCUT2D eigenvalue weighted by Gasteiger charge is 2.17. The van der Waals surface area contributed by atoms with Crippen molar-refractivity contribution in [1.29, 1.82) is 0 Å². The van der Waals surface area contributed by atoms with E-state index in [2.05, 4.69) is 22.6 Å². The Morgan fingerprint density at radius 1 is 1.33 bits per heavy atom. The van der Waals surface area contributed by atoms with Crippen molar-refractivity contribution in [3.8, 4) is 0 Å². The van der Waals surface area contributed by atoms with Crippen molar-refractivity contribution < 1.29 is 14.7 Å². The molecule has 0 radical (unpaired) electrons. The Morgan fingerprint density at radius 3 is 2.33 bits per heavy atom. The van der Waals surface area contributed by atoms with Crippen LogP contribution in [0.2, 0.25) is 0 Å². The van der Waals surface area contributed by atoms with E-state index in [9.17, 15) is 9.59 Å². The lowest BCUT2D eigenvalue weighted by Crippen LogP contribution is -2.32. The average molecular weight is 319 g/mol.